The van der Waals surface area contributed by atoms with E-state index < -0.39 is 10.7 Å². The molecule has 21 heavy (non-hydrogen) atoms. The van der Waals surface area contributed by atoms with E-state index in [4.69, 9.17) is 11.2 Å². The van der Waals surface area contributed by atoms with Crippen molar-refractivity contribution in [3.8, 4) is 18.1 Å². The third-order valence-corrected chi connectivity index (χ3v) is 2.77. The van der Waals surface area contributed by atoms with Gasteiger partial charge in [0.15, 0.2) is 6.61 Å². The van der Waals surface area contributed by atoms with Crippen molar-refractivity contribution in [2.24, 2.45) is 0 Å². The van der Waals surface area contributed by atoms with E-state index in [1.807, 2.05) is 0 Å². The highest BCUT2D eigenvalue weighted by atomic mass is 16.6. The molecule has 0 aliphatic carbocycles. The van der Waals surface area contributed by atoms with Crippen LogP contribution in [0.4, 0.5) is 5.69 Å². The van der Waals surface area contributed by atoms with Crippen molar-refractivity contribution in [2.45, 2.75) is 0 Å². The molecule has 0 saturated heterocycles. The lowest BCUT2D eigenvalue weighted by atomic mass is 10.1. The third kappa shape index (κ3) is 3.45. The zero-order valence-corrected chi connectivity index (χ0v) is 11.0. The Morgan fingerprint density at radius 3 is 2.71 bits per heavy atom. The summed E-state index contributed by atoms with van der Waals surface area (Å²) in [6, 6.07) is 12.5. The van der Waals surface area contributed by atoms with Crippen LogP contribution in [0.25, 0.3) is 0 Å². The zero-order chi connectivity index (χ0) is 15.2. The summed E-state index contributed by atoms with van der Waals surface area (Å²) in [5.41, 5.74) is 0.421. The Hall–Kier alpha value is -3.13. The molecule has 0 fully saturated rings. The molecular weight excluding hydrogens is 270 g/mol. The average Bonchev–Trinajstić information content (AvgIpc) is 2.52. The number of rotatable bonds is 5. The van der Waals surface area contributed by atoms with E-state index in [0.29, 0.717) is 11.3 Å². The van der Waals surface area contributed by atoms with Crippen molar-refractivity contribution in [3.05, 3.63) is 69.8 Å². The summed E-state index contributed by atoms with van der Waals surface area (Å²) in [4.78, 5) is 22.3. The van der Waals surface area contributed by atoms with Crippen LogP contribution in [0.5, 0.6) is 5.75 Å². The van der Waals surface area contributed by atoms with Crippen LogP contribution in [0, 0.1) is 22.5 Å². The molecule has 0 aliphatic heterocycles. The second kappa shape index (κ2) is 6.35. The topological polar surface area (TPSA) is 69.4 Å². The van der Waals surface area contributed by atoms with Crippen molar-refractivity contribution in [1.29, 1.82) is 0 Å². The largest absolute Gasteiger partial charge is 0.485 e. The first-order valence-electron chi connectivity index (χ1n) is 6.08. The number of terminal acetylenes is 1. The molecule has 2 aromatic rings. The Bertz CT molecular complexity index is 731. The van der Waals surface area contributed by atoms with Gasteiger partial charge in [0.1, 0.15) is 5.75 Å². The molecule has 5 nitrogen and oxygen atoms in total. The molecule has 0 unspecified atom stereocenters. The first-order valence-corrected chi connectivity index (χ1v) is 6.08. The first-order chi connectivity index (χ1) is 10.1. The van der Waals surface area contributed by atoms with E-state index >= 15 is 0 Å². The number of ketones is 1. The van der Waals surface area contributed by atoms with Crippen molar-refractivity contribution >= 4 is 11.5 Å². The first kappa shape index (κ1) is 14.3. The Morgan fingerprint density at radius 2 is 2.00 bits per heavy atom. The minimum Gasteiger partial charge on any atom is -0.485 e. The van der Waals surface area contributed by atoms with E-state index in [1.165, 1.54) is 18.2 Å². The summed E-state index contributed by atoms with van der Waals surface area (Å²) in [6.07, 6.45) is 5.27. The van der Waals surface area contributed by atoms with Gasteiger partial charge in [-0.2, -0.15) is 0 Å². The molecular formula is C16H11NO4. The number of nitrogens with zero attached hydrogens (tertiary/aromatic N) is 1. The fourth-order valence-electron chi connectivity index (χ4n) is 1.77. The number of ether oxygens (including phenoxy) is 1. The maximum atomic E-state index is 12.0. The highest BCUT2D eigenvalue weighted by Gasteiger charge is 2.19. The number of nitro benzene ring substituents is 1. The number of para-hydroxylation sites is 1. The standard InChI is InChI=1S/C16H11NO4/c1-2-12-6-5-7-13(10-12)21-11-16(18)14-8-3-4-9-15(14)17(19)20/h1,3-10H,11H2. The molecule has 0 atom stereocenters. The summed E-state index contributed by atoms with van der Waals surface area (Å²) in [5, 5.41) is 10.9. The lowest BCUT2D eigenvalue weighted by molar-refractivity contribution is -0.385. The van der Waals surface area contributed by atoms with Gasteiger partial charge in [-0.3, -0.25) is 14.9 Å². The van der Waals surface area contributed by atoms with Gasteiger partial charge in [0.25, 0.3) is 5.69 Å². The second-order valence-corrected chi connectivity index (χ2v) is 4.16. The highest BCUT2D eigenvalue weighted by molar-refractivity contribution is 6.00. The van der Waals surface area contributed by atoms with E-state index in [0.717, 1.165) is 0 Å². The fourth-order valence-corrected chi connectivity index (χ4v) is 1.77. The Labute approximate surface area is 121 Å². The molecule has 5 heteroatoms. The number of Topliss-reactive ketones (excluding diaryl/α,β-unsaturated/α-hetero) is 1. The predicted molar refractivity (Wildman–Crippen MR) is 77.3 cm³/mol. The molecule has 0 heterocycles. The van der Waals surface area contributed by atoms with Crippen LogP contribution in [-0.2, 0) is 0 Å². The number of hydrogen-bond donors (Lipinski definition) is 0. The van der Waals surface area contributed by atoms with E-state index in [9.17, 15) is 14.9 Å². The van der Waals surface area contributed by atoms with Crippen molar-refractivity contribution in [1.82, 2.24) is 0 Å². The number of hydrogen-bond acceptors (Lipinski definition) is 4. The molecule has 0 N–H and O–H groups in total. The van der Waals surface area contributed by atoms with E-state index in [-0.39, 0.29) is 17.9 Å². The molecule has 0 aromatic heterocycles. The maximum Gasteiger partial charge on any atom is 0.280 e. The average molecular weight is 281 g/mol. The van der Waals surface area contributed by atoms with Gasteiger partial charge in [0.05, 0.1) is 10.5 Å². The summed E-state index contributed by atoms with van der Waals surface area (Å²) < 4.78 is 5.33. The Balaban J connectivity index is 2.12. The van der Waals surface area contributed by atoms with Crippen LogP contribution in [-0.4, -0.2) is 17.3 Å². The van der Waals surface area contributed by atoms with Crippen LogP contribution in [0.1, 0.15) is 15.9 Å². The number of nitro groups is 1. The van der Waals surface area contributed by atoms with Crippen LogP contribution in [0.15, 0.2) is 48.5 Å². The summed E-state index contributed by atoms with van der Waals surface area (Å²) in [6.45, 7) is -0.293. The minimum atomic E-state index is -0.591. The van der Waals surface area contributed by atoms with Gasteiger partial charge in [-0.15, -0.1) is 6.42 Å². The Kier molecular flexibility index (Phi) is 4.32. The fraction of sp³-hybridized carbons (Fsp3) is 0.0625. The molecule has 0 amide bonds. The van der Waals surface area contributed by atoms with Crippen molar-refractivity contribution in [3.63, 3.8) is 0 Å². The van der Waals surface area contributed by atoms with Gasteiger partial charge in [-0.05, 0) is 24.3 Å². The zero-order valence-electron chi connectivity index (χ0n) is 11.0. The molecule has 0 aliphatic rings. The number of carbonyl (C=O) groups is 1. The highest BCUT2D eigenvalue weighted by Crippen LogP contribution is 2.19. The lowest BCUT2D eigenvalue weighted by Gasteiger charge is -2.06. The van der Waals surface area contributed by atoms with E-state index in [2.05, 4.69) is 5.92 Å². The molecule has 0 spiro atoms. The monoisotopic (exact) mass is 281 g/mol. The Morgan fingerprint density at radius 1 is 1.24 bits per heavy atom. The molecule has 0 bridgehead atoms. The summed E-state index contributed by atoms with van der Waals surface area (Å²) in [7, 11) is 0. The van der Waals surface area contributed by atoms with Crippen LogP contribution in [0.2, 0.25) is 0 Å². The molecule has 2 rings (SSSR count). The predicted octanol–water partition coefficient (Wildman–Crippen LogP) is 2.84. The number of benzene rings is 2. The summed E-state index contributed by atoms with van der Waals surface area (Å²) in [5.74, 6) is 2.43. The minimum absolute atomic E-state index is 0.0237. The van der Waals surface area contributed by atoms with Crippen molar-refractivity contribution < 1.29 is 14.5 Å². The van der Waals surface area contributed by atoms with Crippen LogP contribution < -0.4 is 4.74 Å². The van der Waals surface area contributed by atoms with Crippen molar-refractivity contribution in [2.75, 3.05) is 6.61 Å². The SMILES string of the molecule is C#Cc1cccc(OCC(=O)c2ccccc2[N+](=O)[O-])c1. The second-order valence-electron chi connectivity index (χ2n) is 4.16. The smallest absolute Gasteiger partial charge is 0.280 e. The quantitative estimate of drug-likeness (QED) is 0.366. The third-order valence-electron chi connectivity index (χ3n) is 2.77. The molecule has 0 saturated carbocycles. The normalized spacial score (nSPS) is 9.67. The van der Waals surface area contributed by atoms with Gasteiger partial charge in [0, 0.05) is 11.6 Å². The lowest BCUT2D eigenvalue weighted by Crippen LogP contribution is -2.13. The van der Waals surface area contributed by atoms with Gasteiger partial charge >= 0.3 is 0 Å². The van der Waals surface area contributed by atoms with Gasteiger partial charge in [0.2, 0.25) is 5.78 Å². The molecule has 2 aromatic carbocycles. The van der Waals surface area contributed by atoms with Gasteiger partial charge in [-0.1, -0.05) is 24.1 Å². The maximum absolute atomic E-state index is 12.0. The van der Waals surface area contributed by atoms with Crippen LogP contribution >= 0.6 is 0 Å². The summed E-state index contributed by atoms with van der Waals surface area (Å²) >= 11 is 0. The molecule has 0 radical (unpaired) electrons. The molecule has 104 valence electrons. The van der Waals surface area contributed by atoms with Gasteiger partial charge < -0.3 is 4.74 Å². The van der Waals surface area contributed by atoms with E-state index in [1.54, 1.807) is 30.3 Å². The van der Waals surface area contributed by atoms with Gasteiger partial charge in [-0.25, -0.2) is 0 Å². The number of carbonyl (C=O) groups excluding carboxylic acids is 1. The van der Waals surface area contributed by atoms with Crippen LogP contribution in [0.3, 0.4) is 0 Å².